The van der Waals surface area contributed by atoms with E-state index < -0.39 is 11.5 Å². The predicted octanol–water partition coefficient (Wildman–Crippen LogP) is 1.29. The highest BCUT2D eigenvalue weighted by Crippen LogP contribution is 2.23. The van der Waals surface area contributed by atoms with Gasteiger partial charge in [-0.25, -0.2) is 0 Å². The summed E-state index contributed by atoms with van der Waals surface area (Å²) in [6.45, 7) is 5.57. The summed E-state index contributed by atoms with van der Waals surface area (Å²) in [4.78, 5) is 13.2. The number of nitrogens with zero attached hydrogens (tertiary/aromatic N) is 1. The minimum Gasteiger partial charge on any atom is -0.480 e. The van der Waals surface area contributed by atoms with E-state index in [0.717, 1.165) is 24.6 Å². The van der Waals surface area contributed by atoms with Crippen LogP contribution < -0.4 is 0 Å². The lowest BCUT2D eigenvalue weighted by Gasteiger charge is -2.39. The summed E-state index contributed by atoms with van der Waals surface area (Å²) in [7, 11) is 0. The third kappa shape index (κ3) is 2.17. The number of hydrogen-bond donors (Lipinski definition) is 1. The smallest absolute Gasteiger partial charge is 0.323 e. The standard InChI is InChI=1S/C9H17NO2S/c1-3-9(2,8(11)12)10-4-6-13-7-5-10/h3-7H2,1-2H3,(H,11,12). The van der Waals surface area contributed by atoms with Crippen molar-refractivity contribution >= 4 is 17.7 Å². The van der Waals surface area contributed by atoms with Crippen LogP contribution >= 0.6 is 11.8 Å². The Morgan fingerprint density at radius 1 is 1.54 bits per heavy atom. The summed E-state index contributed by atoms with van der Waals surface area (Å²) < 4.78 is 0. The van der Waals surface area contributed by atoms with E-state index in [1.54, 1.807) is 0 Å². The molecule has 0 aromatic heterocycles. The molecule has 1 aliphatic rings. The fraction of sp³-hybridized carbons (Fsp3) is 0.889. The van der Waals surface area contributed by atoms with Gasteiger partial charge in [-0.05, 0) is 13.3 Å². The van der Waals surface area contributed by atoms with Gasteiger partial charge < -0.3 is 5.11 Å². The van der Waals surface area contributed by atoms with Gasteiger partial charge in [0, 0.05) is 24.6 Å². The molecular weight excluding hydrogens is 186 g/mol. The third-order valence-corrected chi connectivity index (χ3v) is 3.80. The first kappa shape index (κ1) is 10.9. The van der Waals surface area contributed by atoms with Crippen LogP contribution in [0.15, 0.2) is 0 Å². The van der Waals surface area contributed by atoms with Crippen LogP contribution in [0.5, 0.6) is 0 Å². The molecule has 1 fully saturated rings. The van der Waals surface area contributed by atoms with Gasteiger partial charge in [0.25, 0.3) is 0 Å². The number of hydrogen-bond acceptors (Lipinski definition) is 3. The first-order chi connectivity index (χ1) is 6.11. The Balaban J connectivity index is 2.68. The van der Waals surface area contributed by atoms with Crippen LogP contribution in [0.3, 0.4) is 0 Å². The highest BCUT2D eigenvalue weighted by molar-refractivity contribution is 7.99. The van der Waals surface area contributed by atoms with Crippen LogP contribution in [-0.4, -0.2) is 46.1 Å². The van der Waals surface area contributed by atoms with Crippen molar-refractivity contribution in [3.63, 3.8) is 0 Å². The van der Waals surface area contributed by atoms with E-state index in [4.69, 9.17) is 5.11 Å². The monoisotopic (exact) mass is 203 g/mol. The predicted molar refractivity (Wildman–Crippen MR) is 55.2 cm³/mol. The highest BCUT2D eigenvalue weighted by atomic mass is 32.2. The lowest BCUT2D eigenvalue weighted by Crippen LogP contribution is -2.54. The molecule has 3 nitrogen and oxygen atoms in total. The second kappa shape index (κ2) is 4.33. The molecule has 1 N–H and O–H groups in total. The van der Waals surface area contributed by atoms with E-state index >= 15 is 0 Å². The zero-order chi connectivity index (χ0) is 9.90. The van der Waals surface area contributed by atoms with Crippen molar-refractivity contribution in [1.82, 2.24) is 4.90 Å². The summed E-state index contributed by atoms with van der Waals surface area (Å²) in [6.07, 6.45) is 0.674. The second-order valence-corrected chi connectivity index (χ2v) is 4.76. The van der Waals surface area contributed by atoms with Gasteiger partial charge >= 0.3 is 5.97 Å². The van der Waals surface area contributed by atoms with Gasteiger partial charge in [0.15, 0.2) is 0 Å². The Bertz CT molecular complexity index is 192. The van der Waals surface area contributed by atoms with Crippen molar-refractivity contribution in [3.8, 4) is 0 Å². The number of thioether (sulfide) groups is 1. The molecule has 1 saturated heterocycles. The molecule has 76 valence electrons. The van der Waals surface area contributed by atoms with Crippen LogP contribution in [0.25, 0.3) is 0 Å². The molecule has 0 aromatic carbocycles. The van der Waals surface area contributed by atoms with Crippen LogP contribution in [0, 0.1) is 0 Å². The van der Waals surface area contributed by atoms with Crippen LogP contribution in [-0.2, 0) is 4.79 Å². The van der Waals surface area contributed by atoms with Gasteiger partial charge in [-0.1, -0.05) is 6.92 Å². The first-order valence-electron chi connectivity index (χ1n) is 4.67. The molecule has 1 aliphatic heterocycles. The van der Waals surface area contributed by atoms with Crippen molar-refractivity contribution in [2.45, 2.75) is 25.8 Å². The quantitative estimate of drug-likeness (QED) is 0.750. The average Bonchev–Trinajstić information content (AvgIpc) is 2.17. The maximum atomic E-state index is 11.1. The van der Waals surface area contributed by atoms with Crippen molar-refractivity contribution in [2.24, 2.45) is 0 Å². The lowest BCUT2D eigenvalue weighted by molar-refractivity contribution is -0.150. The summed E-state index contributed by atoms with van der Waals surface area (Å²) in [5.74, 6) is 1.42. The van der Waals surface area contributed by atoms with Crippen molar-refractivity contribution in [3.05, 3.63) is 0 Å². The van der Waals surface area contributed by atoms with Gasteiger partial charge in [0.1, 0.15) is 5.54 Å². The molecule has 0 saturated carbocycles. The minimum absolute atomic E-state index is 0.652. The zero-order valence-corrected chi connectivity index (χ0v) is 9.06. The van der Waals surface area contributed by atoms with Crippen LogP contribution in [0.1, 0.15) is 20.3 Å². The maximum Gasteiger partial charge on any atom is 0.323 e. The SMILES string of the molecule is CCC(C)(C(=O)O)N1CCSCC1. The fourth-order valence-electron chi connectivity index (χ4n) is 1.57. The number of carboxylic acid groups (broad SMARTS) is 1. The van der Waals surface area contributed by atoms with E-state index in [1.807, 2.05) is 25.6 Å². The van der Waals surface area contributed by atoms with E-state index in [9.17, 15) is 4.79 Å². The van der Waals surface area contributed by atoms with Gasteiger partial charge in [-0.15, -0.1) is 0 Å². The number of carbonyl (C=O) groups is 1. The molecule has 0 aliphatic carbocycles. The van der Waals surface area contributed by atoms with Gasteiger partial charge in [0.2, 0.25) is 0 Å². The van der Waals surface area contributed by atoms with Crippen LogP contribution in [0.4, 0.5) is 0 Å². The molecular formula is C9H17NO2S. The lowest BCUT2D eigenvalue weighted by atomic mass is 9.96. The molecule has 0 aromatic rings. The molecule has 0 bridgehead atoms. The Labute approximate surface area is 83.5 Å². The summed E-state index contributed by atoms with van der Waals surface area (Å²) in [5, 5.41) is 9.14. The Kier molecular flexibility index (Phi) is 3.62. The molecule has 0 amide bonds. The fourth-order valence-corrected chi connectivity index (χ4v) is 2.47. The second-order valence-electron chi connectivity index (χ2n) is 3.53. The highest BCUT2D eigenvalue weighted by Gasteiger charge is 2.38. The van der Waals surface area contributed by atoms with Crippen molar-refractivity contribution in [2.75, 3.05) is 24.6 Å². The van der Waals surface area contributed by atoms with Gasteiger partial charge in [-0.3, -0.25) is 9.69 Å². The molecule has 1 rings (SSSR count). The molecule has 4 heteroatoms. The third-order valence-electron chi connectivity index (χ3n) is 2.86. The Morgan fingerprint density at radius 2 is 2.08 bits per heavy atom. The van der Waals surface area contributed by atoms with Gasteiger partial charge in [-0.2, -0.15) is 11.8 Å². The number of carboxylic acids is 1. The Morgan fingerprint density at radius 3 is 2.46 bits per heavy atom. The summed E-state index contributed by atoms with van der Waals surface area (Å²) in [6, 6.07) is 0. The maximum absolute atomic E-state index is 11.1. The summed E-state index contributed by atoms with van der Waals surface area (Å²) in [5.41, 5.74) is -0.652. The van der Waals surface area contributed by atoms with E-state index in [0.29, 0.717) is 6.42 Å². The average molecular weight is 203 g/mol. The minimum atomic E-state index is -0.693. The topological polar surface area (TPSA) is 40.5 Å². The molecule has 0 radical (unpaired) electrons. The van der Waals surface area contributed by atoms with Gasteiger partial charge in [0.05, 0.1) is 0 Å². The van der Waals surface area contributed by atoms with E-state index in [1.165, 1.54) is 0 Å². The molecule has 1 atom stereocenters. The number of aliphatic carboxylic acids is 1. The largest absolute Gasteiger partial charge is 0.480 e. The molecule has 0 spiro atoms. The van der Waals surface area contributed by atoms with Crippen molar-refractivity contribution in [1.29, 1.82) is 0 Å². The number of rotatable bonds is 3. The van der Waals surface area contributed by atoms with Crippen molar-refractivity contribution < 1.29 is 9.90 Å². The molecule has 1 unspecified atom stereocenters. The summed E-state index contributed by atoms with van der Waals surface area (Å²) >= 11 is 1.90. The van der Waals surface area contributed by atoms with E-state index in [2.05, 4.69) is 4.90 Å². The molecule has 1 heterocycles. The molecule has 13 heavy (non-hydrogen) atoms. The normalized spacial score (nSPS) is 23.8. The zero-order valence-electron chi connectivity index (χ0n) is 8.25. The van der Waals surface area contributed by atoms with E-state index in [-0.39, 0.29) is 0 Å². The Hall–Kier alpha value is -0.220. The van der Waals surface area contributed by atoms with Crippen LogP contribution in [0.2, 0.25) is 0 Å². The first-order valence-corrected chi connectivity index (χ1v) is 5.83.